The first-order valence-corrected chi connectivity index (χ1v) is 11.5. The lowest BCUT2D eigenvalue weighted by molar-refractivity contribution is -0.516. The third-order valence-corrected chi connectivity index (χ3v) is 5.64. The number of unbranched alkanes of at least 4 members (excludes halogenated alkanes) is 12. The van der Waals surface area contributed by atoms with Crippen LogP contribution in [0.3, 0.4) is 0 Å². The van der Waals surface area contributed by atoms with Crippen LogP contribution in [0, 0.1) is 0 Å². The summed E-state index contributed by atoms with van der Waals surface area (Å²) in [5.41, 5.74) is 5.74. The van der Waals surface area contributed by atoms with E-state index in [1.54, 1.807) is 0 Å². The van der Waals surface area contributed by atoms with Crippen LogP contribution in [0.4, 0.5) is 0 Å². The molecule has 0 amide bonds. The Morgan fingerprint density at radius 3 is 1.92 bits per heavy atom. The molecule has 154 valence electrons. The minimum absolute atomic E-state index is 0.249. The number of nitrogens with two attached hydrogens (primary N) is 1. The van der Waals surface area contributed by atoms with Crippen LogP contribution >= 0.6 is 0 Å². The number of β-amino-alcohol motifs (C(OH)–C–C–N with tert-alkyl or cyclic N) is 1. The molecule has 0 saturated heterocycles. The van der Waals surface area contributed by atoms with Gasteiger partial charge >= 0.3 is 0 Å². The van der Waals surface area contributed by atoms with Gasteiger partial charge in [0.05, 0.1) is 13.2 Å². The van der Waals surface area contributed by atoms with Gasteiger partial charge in [-0.25, -0.2) is 0 Å². The molecule has 0 aliphatic carbocycles. The van der Waals surface area contributed by atoms with Crippen molar-refractivity contribution in [2.45, 2.75) is 96.8 Å². The molecule has 0 radical (unpaired) electrons. The topological polar surface area (TPSA) is 52.5 Å². The fraction of sp³-hybridized carbons (Fsp3) is 0.955. The van der Waals surface area contributed by atoms with Crippen LogP contribution in [-0.2, 0) is 0 Å². The smallest absolute Gasteiger partial charge is 0.247 e. The summed E-state index contributed by atoms with van der Waals surface area (Å²) >= 11 is 0. The standard InChI is InChI=1S/C22H46N3O/c1-2-3-4-5-6-7-8-9-10-11-12-13-14-15-22-24(17-16-23)18-19-25(22)20-21-26/h26H,2-21,23H2,1H3/q+1. The van der Waals surface area contributed by atoms with E-state index >= 15 is 0 Å². The van der Waals surface area contributed by atoms with Crippen LogP contribution < -0.4 is 5.73 Å². The van der Waals surface area contributed by atoms with Gasteiger partial charge in [0.15, 0.2) is 0 Å². The number of nitrogens with zero attached hydrogens (tertiary/aromatic N) is 2. The molecule has 1 rings (SSSR count). The molecule has 0 fully saturated rings. The van der Waals surface area contributed by atoms with E-state index in [2.05, 4.69) is 16.4 Å². The van der Waals surface area contributed by atoms with Crippen LogP contribution in [0.2, 0.25) is 0 Å². The lowest BCUT2D eigenvalue weighted by Gasteiger charge is -2.12. The predicted molar refractivity (Wildman–Crippen MR) is 113 cm³/mol. The Hall–Kier alpha value is -0.610. The fourth-order valence-corrected chi connectivity index (χ4v) is 4.07. The van der Waals surface area contributed by atoms with Gasteiger partial charge in [-0.1, -0.05) is 84.0 Å². The molecule has 0 unspecified atom stereocenters. The fourth-order valence-electron chi connectivity index (χ4n) is 4.07. The zero-order valence-electron chi connectivity index (χ0n) is 17.6. The molecular formula is C22H46N3O+. The minimum Gasteiger partial charge on any atom is -0.392 e. The first-order valence-electron chi connectivity index (χ1n) is 11.5. The Balaban J connectivity index is 1.99. The molecule has 1 aliphatic heterocycles. The maximum absolute atomic E-state index is 9.25. The van der Waals surface area contributed by atoms with Crippen molar-refractivity contribution in [3.05, 3.63) is 0 Å². The highest BCUT2D eigenvalue weighted by molar-refractivity contribution is 5.78. The summed E-state index contributed by atoms with van der Waals surface area (Å²) in [4.78, 5) is 2.36. The molecule has 4 nitrogen and oxygen atoms in total. The Kier molecular flexibility index (Phi) is 14.9. The summed E-state index contributed by atoms with van der Waals surface area (Å²) in [6.45, 7) is 7.10. The van der Waals surface area contributed by atoms with Gasteiger partial charge in [-0.3, -0.25) is 9.48 Å². The zero-order valence-corrected chi connectivity index (χ0v) is 17.6. The molecular weight excluding hydrogens is 322 g/mol. The van der Waals surface area contributed by atoms with E-state index in [1.165, 1.54) is 89.3 Å². The third kappa shape index (κ3) is 10.5. The number of rotatable bonds is 18. The lowest BCUT2D eigenvalue weighted by Crippen LogP contribution is -2.33. The lowest BCUT2D eigenvalue weighted by atomic mass is 10.0. The molecule has 1 heterocycles. The molecule has 0 aromatic carbocycles. The number of aliphatic hydroxyl groups excluding tert-OH is 1. The second kappa shape index (κ2) is 16.6. The average molecular weight is 369 g/mol. The van der Waals surface area contributed by atoms with Crippen LogP contribution in [0.25, 0.3) is 0 Å². The van der Waals surface area contributed by atoms with E-state index in [1.807, 2.05) is 0 Å². The first kappa shape index (κ1) is 23.4. The highest BCUT2D eigenvalue weighted by atomic mass is 16.3. The number of aliphatic hydroxyl groups is 1. The van der Waals surface area contributed by atoms with Crippen molar-refractivity contribution in [2.24, 2.45) is 5.73 Å². The first-order chi connectivity index (χ1) is 12.8. The molecule has 0 aromatic rings. The second-order valence-corrected chi connectivity index (χ2v) is 7.90. The SMILES string of the molecule is CCCCCCCCCCCCCCCC1=[N+](CCN)CCN1CCO. The summed E-state index contributed by atoms with van der Waals surface area (Å²) in [6.07, 6.45) is 19.4. The Morgan fingerprint density at radius 1 is 0.885 bits per heavy atom. The second-order valence-electron chi connectivity index (χ2n) is 7.90. The summed E-state index contributed by atoms with van der Waals surface area (Å²) in [7, 11) is 0. The van der Waals surface area contributed by atoms with Crippen molar-refractivity contribution in [3.63, 3.8) is 0 Å². The van der Waals surface area contributed by atoms with Gasteiger partial charge in [0.2, 0.25) is 5.84 Å². The van der Waals surface area contributed by atoms with Crippen LogP contribution in [-0.4, -0.2) is 59.7 Å². The Morgan fingerprint density at radius 2 is 1.42 bits per heavy atom. The summed E-state index contributed by atoms with van der Waals surface area (Å²) in [5, 5.41) is 9.25. The largest absolute Gasteiger partial charge is 0.392 e. The molecule has 0 atom stereocenters. The predicted octanol–water partition coefficient (Wildman–Crippen LogP) is 4.15. The highest BCUT2D eigenvalue weighted by Crippen LogP contribution is 2.14. The van der Waals surface area contributed by atoms with Gasteiger partial charge in [0.25, 0.3) is 0 Å². The normalized spacial score (nSPS) is 14.7. The third-order valence-electron chi connectivity index (χ3n) is 5.64. The van der Waals surface area contributed by atoms with Crippen molar-refractivity contribution in [1.82, 2.24) is 4.90 Å². The van der Waals surface area contributed by atoms with E-state index in [4.69, 9.17) is 5.73 Å². The number of amidine groups is 1. The zero-order chi connectivity index (χ0) is 18.9. The maximum atomic E-state index is 9.25. The molecule has 4 heteroatoms. The summed E-state index contributed by atoms with van der Waals surface area (Å²) in [6, 6.07) is 0. The monoisotopic (exact) mass is 368 g/mol. The van der Waals surface area contributed by atoms with Crippen molar-refractivity contribution in [2.75, 3.05) is 39.3 Å². The van der Waals surface area contributed by atoms with Crippen LogP contribution in [0.5, 0.6) is 0 Å². The Bertz CT molecular complexity index is 357. The molecule has 1 aliphatic rings. The molecule has 0 spiro atoms. The highest BCUT2D eigenvalue weighted by Gasteiger charge is 2.28. The molecule has 26 heavy (non-hydrogen) atoms. The van der Waals surface area contributed by atoms with Gasteiger partial charge in [0, 0.05) is 13.0 Å². The average Bonchev–Trinajstić information content (AvgIpc) is 3.01. The maximum Gasteiger partial charge on any atom is 0.247 e. The van der Waals surface area contributed by atoms with E-state index in [0.29, 0.717) is 0 Å². The summed E-state index contributed by atoms with van der Waals surface area (Å²) < 4.78 is 2.43. The minimum atomic E-state index is 0.249. The Labute approximate surface area is 162 Å². The van der Waals surface area contributed by atoms with E-state index < -0.39 is 0 Å². The van der Waals surface area contributed by atoms with E-state index in [0.717, 1.165) is 39.1 Å². The molecule has 0 bridgehead atoms. The van der Waals surface area contributed by atoms with Crippen molar-refractivity contribution in [3.8, 4) is 0 Å². The van der Waals surface area contributed by atoms with E-state index in [-0.39, 0.29) is 6.61 Å². The van der Waals surface area contributed by atoms with Gasteiger partial charge in [-0.05, 0) is 6.42 Å². The van der Waals surface area contributed by atoms with E-state index in [9.17, 15) is 5.11 Å². The van der Waals surface area contributed by atoms with Crippen LogP contribution in [0.15, 0.2) is 0 Å². The molecule has 0 aromatic heterocycles. The summed E-state index contributed by atoms with van der Waals surface area (Å²) in [5.74, 6) is 1.42. The van der Waals surface area contributed by atoms with Gasteiger partial charge < -0.3 is 10.8 Å². The van der Waals surface area contributed by atoms with Gasteiger partial charge in [-0.2, -0.15) is 0 Å². The van der Waals surface area contributed by atoms with Gasteiger partial charge in [-0.15, -0.1) is 0 Å². The van der Waals surface area contributed by atoms with Gasteiger partial charge in [0.1, 0.15) is 19.6 Å². The van der Waals surface area contributed by atoms with Crippen molar-refractivity contribution in [1.29, 1.82) is 0 Å². The number of hydrogen-bond acceptors (Lipinski definition) is 3. The molecule has 0 saturated carbocycles. The van der Waals surface area contributed by atoms with Crippen molar-refractivity contribution < 1.29 is 9.68 Å². The quantitative estimate of drug-likeness (QED) is 0.282. The van der Waals surface area contributed by atoms with Crippen LogP contribution in [0.1, 0.15) is 96.8 Å². The van der Waals surface area contributed by atoms with Crippen molar-refractivity contribution >= 4 is 5.84 Å². The number of hydrogen-bond donors (Lipinski definition) is 2. The molecule has 3 N–H and O–H groups in total.